The summed E-state index contributed by atoms with van der Waals surface area (Å²) in [5.74, 6) is 0. The highest BCUT2D eigenvalue weighted by Gasteiger charge is 2.05. The number of unbranched alkanes of at least 4 members (excludes halogenated alkanes) is 1. The van der Waals surface area contributed by atoms with Crippen LogP contribution in [-0.2, 0) is 9.09 Å². The van der Waals surface area contributed by atoms with Gasteiger partial charge in [-0.25, -0.2) is 4.52 Å². The molecule has 0 aromatic carbocycles. The van der Waals surface area contributed by atoms with E-state index in [-0.39, 0.29) is 0 Å². The average Bonchev–Trinajstić information content (AvgIpc) is 1.89. The Kier molecular flexibility index (Phi) is 14.0. The SMILES string of the molecule is C=CO[P+](=O)O.CCCC. The third-order valence-corrected chi connectivity index (χ3v) is 0.994. The van der Waals surface area contributed by atoms with E-state index >= 15 is 0 Å². The summed E-state index contributed by atoms with van der Waals surface area (Å²) in [7, 11) is -2.47. The van der Waals surface area contributed by atoms with Gasteiger partial charge in [0.2, 0.25) is 0 Å². The first-order chi connectivity index (χ1) is 4.68. The molecule has 1 atom stereocenters. The van der Waals surface area contributed by atoms with E-state index in [1.54, 1.807) is 0 Å². The van der Waals surface area contributed by atoms with Gasteiger partial charge >= 0.3 is 8.25 Å². The molecule has 0 amide bonds. The molecule has 0 aromatic rings. The van der Waals surface area contributed by atoms with Crippen LogP contribution >= 0.6 is 8.25 Å². The van der Waals surface area contributed by atoms with Crippen molar-refractivity contribution in [2.75, 3.05) is 0 Å². The van der Waals surface area contributed by atoms with Crippen LogP contribution in [-0.4, -0.2) is 4.89 Å². The maximum absolute atomic E-state index is 9.45. The van der Waals surface area contributed by atoms with Crippen molar-refractivity contribution in [2.45, 2.75) is 26.7 Å². The van der Waals surface area contributed by atoms with Gasteiger partial charge in [0.15, 0.2) is 0 Å². The molecule has 0 heterocycles. The molecule has 0 spiro atoms. The molecule has 1 N–H and O–H groups in total. The molecule has 0 bridgehead atoms. The van der Waals surface area contributed by atoms with E-state index in [9.17, 15) is 4.57 Å². The van der Waals surface area contributed by atoms with E-state index in [0.717, 1.165) is 6.26 Å². The predicted octanol–water partition coefficient (Wildman–Crippen LogP) is 2.60. The molecule has 0 fully saturated rings. The highest BCUT2D eigenvalue weighted by molar-refractivity contribution is 7.32. The quantitative estimate of drug-likeness (QED) is 0.516. The maximum Gasteiger partial charge on any atom is 0.746 e. The fourth-order valence-corrected chi connectivity index (χ4v) is 0.191. The maximum atomic E-state index is 9.45. The summed E-state index contributed by atoms with van der Waals surface area (Å²) in [6.45, 7) is 7.40. The van der Waals surface area contributed by atoms with Crippen LogP contribution in [0.25, 0.3) is 0 Å². The largest absolute Gasteiger partial charge is 0.746 e. The van der Waals surface area contributed by atoms with Crippen LogP contribution in [0.15, 0.2) is 12.8 Å². The van der Waals surface area contributed by atoms with Crippen LogP contribution in [0, 0.1) is 0 Å². The first-order valence-corrected chi connectivity index (χ1v) is 4.25. The Hall–Kier alpha value is -0.400. The van der Waals surface area contributed by atoms with Crippen molar-refractivity contribution in [1.82, 2.24) is 0 Å². The molecule has 0 radical (unpaired) electrons. The van der Waals surface area contributed by atoms with Gasteiger partial charge in [0.25, 0.3) is 0 Å². The van der Waals surface area contributed by atoms with Crippen LogP contribution in [0.1, 0.15) is 26.7 Å². The zero-order chi connectivity index (χ0) is 8.41. The molecule has 0 aliphatic heterocycles. The van der Waals surface area contributed by atoms with Crippen LogP contribution in [0.2, 0.25) is 0 Å². The zero-order valence-corrected chi connectivity index (χ0v) is 7.30. The van der Waals surface area contributed by atoms with Crippen LogP contribution in [0.3, 0.4) is 0 Å². The van der Waals surface area contributed by atoms with Crippen LogP contribution in [0.5, 0.6) is 0 Å². The minimum absolute atomic E-state index is 0.915. The normalized spacial score (nSPS) is 8.90. The van der Waals surface area contributed by atoms with Gasteiger partial charge in [-0.1, -0.05) is 33.3 Å². The molecule has 3 nitrogen and oxygen atoms in total. The fraction of sp³-hybridized carbons (Fsp3) is 0.667. The highest BCUT2D eigenvalue weighted by atomic mass is 31.1. The molecule has 0 aliphatic carbocycles. The van der Waals surface area contributed by atoms with Crippen molar-refractivity contribution in [3.63, 3.8) is 0 Å². The molecule has 4 heteroatoms. The van der Waals surface area contributed by atoms with Gasteiger partial charge in [-0.15, -0.1) is 4.89 Å². The van der Waals surface area contributed by atoms with E-state index < -0.39 is 8.25 Å². The van der Waals surface area contributed by atoms with Gasteiger partial charge in [-0.2, -0.15) is 0 Å². The minimum atomic E-state index is -2.47. The van der Waals surface area contributed by atoms with E-state index in [1.807, 2.05) is 0 Å². The van der Waals surface area contributed by atoms with Crippen molar-refractivity contribution in [2.24, 2.45) is 0 Å². The van der Waals surface area contributed by atoms with Crippen molar-refractivity contribution < 1.29 is 14.0 Å². The first-order valence-electron chi connectivity index (χ1n) is 3.12. The number of hydrogen-bond acceptors (Lipinski definition) is 2. The molecule has 1 unspecified atom stereocenters. The first kappa shape index (κ1) is 12.3. The molecular formula is C6H14O3P+. The Balaban J connectivity index is 0. The lowest BCUT2D eigenvalue weighted by atomic mass is 10.4. The second-order valence-electron chi connectivity index (χ2n) is 1.51. The zero-order valence-electron chi connectivity index (χ0n) is 6.41. The van der Waals surface area contributed by atoms with E-state index in [4.69, 9.17) is 4.89 Å². The molecular weight excluding hydrogens is 151 g/mol. The second-order valence-corrected chi connectivity index (χ2v) is 2.20. The summed E-state index contributed by atoms with van der Waals surface area (Å²) in [5, 5.41) is 0. The monoisotopic (exact) mass is 165 g/mol. The third-order valence-electron chi connectivity index (χ3n) is 0.665. The molecule has 60 valence electrons. The predicted molar refractivity (Wildman–Crippen MR) is 41.7 cm³/mol. The van der Waals surface area contributed by atoms with E-state index in [1.165, 1.54) is 12.8 Å². The molecule has 0 rings (SSSR count). The molecule has 10 heavy (non-hydrogen) atoms. The topological polar surface area (TPSA) is 46.5 Å². The third kappa shape index (κ3) is 25.5. The lowest BCUT2D eigenvalue weighted by Gasteiger charge is -1.68. The second kappa shape index (κ2) is 11.4. The summed E-state index contributed by atoms with van der Waals surface area (Å²) in [4.78, 5) is 7.77. The van der Waals surface area contributed by atoms with Gasteiger partial charge in [-0.05, 0) is 0 Å². The van der Waals surface area contributed by atoms with Crippen molar-refractivity contribution >= 4 is 8.25 Å². The summed E-state index contributed by atoms with van der Waals surface area (Å²) in [6, 6.07) is 0. The Labute approximate surface area is 62.7 Å². The smallest absolute Gasteiger partial charge is 0.238 e. The van der Waals surface area contributed by atoms with Crippen molar-refractivity contribution in [3.05, 3.63) is 12.8 Å². The van der Waals surface area contributed by atoms with Crippen LogP contribution in [0.4, 0.5) is 0 Å². The summed E-state index contributed by atoms with van der Waals surface area (Å²) < 4.78 is 13.3. The van der Waals surface area contributed by atoms with E-state index in [0.29, 0.717) is 0 Å². The molecule has 0 saturated carbocycles. The Morgan fingerprint density at radius 3 is 2.00 bits per heavy atom. The van der Waals surface area contributed by atoms with Gasteiger partial charge in [-0.3, -0.25) is 0 Å². The van der Waals surface area contributed by atoms with E-state index in [2.05, 4.69) is 25.0 Å². The summed E-state index contributed by atoms with van der Waals surface area (Å²) >= 11 is 0. The van der Waals surface area contributed by atoms with Crippen molar-refractivity contribution in [3.8, 4) is 0 Å². The Morgan fingerprint density at radius 1 is 1.60 bits per heavy atom. The highest BCUT2D eigenvalue weighted by Crippen LogP contribution is 2.12. The molecule has 0 aromatic heterocycles. The summed E-state index contributed by atoms with van der Waals surface area (Å²) in [5.41, 5.74) is 0. The summed E-state index contributed by atoms with van der Waals surface area (Å²) in [6.07, 6.45) is 3.55. The van der Waals surface area contributed by atoms with Gasteiger partial charge in [0, 0.05) is 4.57 Å². The number of rotatable bonds is 3. The Bertz CT molecular complexity index is 91.0. The fourth-order valence-electron chi connectivity index (χ4n) is 0.0638. The average molecular weight is 165 g/mol. The van der Waals surface area contributed by atoms with Crippen molar-refractivity contribution in [1.29, 1.82) is 0 Å². The molecule has 0 saturated heterocycles. The molecule has 0 aliphatic rings. The van der Waals surface area contributed by atoms with Gasteiger partial charge < -0.3 is 0 Å². The standard InChI is InChI=1S/C4H10.C2H3O3P/c1-3-4-2;1-2-5-6(3)4/h3-4H2,1-2H3;2H,1H2/p+1. The van der Waals surface area contributed by atoms with Crippen LogP contribution < -0.4 is 0 Å². The van der Waals surface area contributed by atoms with Gasteiger partial charge in [0.05, 0.1) is 0 Å². The van der Waals surface area contributed by atoms with Gasteiger partial charge in [0.1, 0.15) is 6.26 Å². The lowest BCUT2D eigenvalue weighted by molar-refractivity contribution is 0.379. The lowest BCUT2D eigenvalue weighted by Crippen LogP contribution is -1.55. The Morgan fingerprint density at radius 2 is 2.00 bits per heavy atom. The number of hydrogen-bond donors (Lipinski definition) is 1. The minimum Gasteiger partial charge on any atom is -0.238 e.